The maximum absolute atomic E-state index is 5.74. The largest absolute Gasteiger partial charge is 0.505 e. The van der Waals surface area contributed by atoms with E-state index in [1.54, 1.807) is 25.9 Å². The van der Waals surface area contributed by atoms with Crippen LogP contribution in [0.4, 0.5) is 0 Å². The van der Waals surface area contributed by atoms with Crippen molar-refractivity contribution in [2.45, 2.75) is 18.6 Å². The molecule has 3 rings (SSSR count). The van der Waals surface area contributed by atoms with E-state index in [9.17, 15) is 0 Å². The molecular formula is C15H16O3. The van der Waals surface area contributed by atoms with E-state index in [-0.39, 0.29) is 0 Å². The molecule has 0 bridgehead atoms. The third-order valence-electron chi connectivity index (χ3n) is 3.50. The zero-order valence-corrected chi connectivity index (χ0v) is 10.3. The summed E-state index contributed by atoms with van der Waals surface area (Å²) in [6.45, 7) is 0. The summed E-state index contributed by atoms with van der Waals surface area (Å²) in [6, 6.07) is 8.29. The maximum Gasteiger partial charge on any atom is 0.277 e. The van der Waals surface area contributed by atoms with Crippen LogP contribution in [-0.2, 0) is 26.4 Å². The van der Waals surface area contributed by atoms with Crippen LogP contribution in [0.25, 0.3) is 0 Å². The van der Waals surface area contributed by atoms with Gasteiger partial charge in [0.05, 0.1) is 13.4 Å². The summed E-state index contributed by atoms with van der Waals surface area (Å²) >= 11 is 0. The Morgan fingerprint density at radius 2 is 2.06 bits per heavy atom. The minimum atomic E-state index is -0.641. The second-order valence-corrected chi connectivity index (χ2v) is 4.65. The number of allylic oxidation sites excluding steroid dienone is 1. The van der Waals surface area contributed by atoms with Gasteiger partial charge in [-0.25, -0.2) is 0 Å². The topological polar surface area (TPSA) is 27.7 Å². The fraction of sp³-hybridized carbons (Fsp3) is 0.333. The van der Waals surface area contributed by atoms with Crippen LogP contribution in [0, 0.1) is 5.92 Å². The number of hydrogen-bond donors (Lipinski definition) is 0. The normalized spacial score (nSPS) is 23.7. The van der Waals surface area contributed by atoms with Gasteiger partial charge in [0.2, 0.25) is 0 Å². The van der Waals surface area contributed by atoms with Gasteiger partial charge in [-0.05, 0) is 24.0 Å². The highest BCUT2D eigenvalue weighted by Gasteiger charge is 2.44. The fourth-order valence-electron chi connectivity index (χ4n) is 2.73. The first kappa shape index (κ1) is 11.2. The second-order valence-electron chi connectivity index (χ2n) is 4.65. The molecule has 94 valence electrons. The number of fused-ring (bicyclic) bond motifs is 2. The Morgan fingerprint density at radius 3 is 2.83 bits per heavy atom. The molecule has 1 atom stereocenters. The molecule has 3 nitrogen and oxygen atoms in total. The highest BCUT2D eigenvalue weighted by Crippen LogP contribution is 2.44. The van der Waals surface area contributed by atoms with Gasteiger partial charge in [0, 0.05) is 12.0 Å². The number of ether oxygens (including phenoxy) is 3. The van der Waals surface area contributed by atoms with Gasteiger partial charge in [0.1, 0.15) is 12.5 Å². The van der Waals surface area contributed by atoms with Crippen molar-refractivity contribution < 1.29 is 14.2 Å². The fourth-order valence-corrected chi connectivity index (χ4v) is 2.73. The van der Waals surface area contributed by atoms with E-state index in [2.05, 4.69) is 24.3 Å². The van der Waals surface area contributed by atoms with Crippen molar-refractivity contribution in [2.24, 2.45) is 5.92 Å². The first-order valence-electron chi connectivity index (χ1n) is 6.12. The van der Waals surface area contributed by atoms with E-state index in [0.717, 1.165) is 18.4 Å². The lowest BCUT2D eigenvalue weighted by molar-refractivity contribution is -0.166. The molecule has 1 aromatic rings. The molecule has 18 heavy (non-hydrogen) atoms. The third-order valence-corrected chi connectivity index (χ3v) is 3.50. The van der Waals surface area contributed by atoms with Gasteiger partial charge < -0.3 is 14.2 Å². The lowest BCUT2D eigenvalue weighted by Gasteiger charge is -2.36. The van der Waals surface area contributed by atoms with E-state index in [1.807, 2.05) is 6.07 Å². The summed E-state index contributed by atoms with van der Waals surface area (Å²) in [6.07, 6.45) is 8.84. The van der Waals surface area contributed by atoms with Crippen molar-refractivity contribution in [3.63, 3.8) is 0 Å². The average molecular weight is 244 g/mol. The van der Waals surface area contributed by atoms with Crippen LogP contribution in [0.2, 0.25) is 0 Å². The average Bonchev–Trinajstić information content (AvgIpc) is 2.86. The van der Waals surface area contributed by atoms with Crippen molar-refractivity contribution in [3.05, 3.63) is 60.3 Å². The molecule has 0 saturated carbocycles. The number of hydrogen-bond acceptors (Lipinski definition) is 3. The molecule has 0 radical (unpaired) electrons. The lowest BCUT2D eigenvalue weighted by Crippen LogP contribution is -2.35. The van der Waals surface area contributed by atoms with Crippen molar-refractivity contribution >= 4 is 0 Å². The third kappa shape index (κ3) is 1.76. The highest BCUT2D eigenvalue weighted by molar-refractivity contribution is 5.35. The minimum Gasteiger partial charge on any atom is -0.505 e. The molecule has 1 unspecified atom stereocenters. The zero-order chi connectivity index (χ0) is 12.4. The van der Waals surface area contributed by atoms with Crippen LogP contribution >= 0.6 is 0 Å². The number of methoxy groups -OCH3 is 1. The monoisotopic (exact) mass is 244 g/mol. The molecule has 1 aromatic carbocycles. The van der Waals surface area contributed by atoms with E-state index in [0.29, 0.717) is 5.92 Å². The molecule has 0 aromatic heterocycles. The van der Waals surface area contributed by atoms with E-state index in [4.69, 9.17) is 14.2 Å². The molecule has 0 fully saturated rings. The molecule has 0 amide bonds. The summed E-state index contributed by atoms with van der Waals surface area (Å²) < 4.78 is 16.5. The van der Waals surface area contributed by atoms with Crippen molar-refractivity contribution in [2.75, 3.05) is 7.11 Å². The Balaban J connectivity index is 1.97. The Hall–Kier alpha value is -1.90. The minimum absolute atomic E-state index is 0.361. The Bertz CT molecular complexity index is 482. The van der Waals surface area contributed by atoms with Gasteiger partial charge in [-0.3, -0.25) is 0 Å². The zero-order valence-electron chi connectivity index (χ0n) is 10.3. The summed E-state index contributed by atoms with van der Waals surface area (Å²) in [5.41, 5.74) is 2.41. The van der Waals surface area contributed by atoms with Gasteiger partial charge in [0.25, 0.3) is 5.79 Å². The second kappa shape index (κ2) is 4.41. The summed E-state index contributed by atoms with van der Waals surface area (Å²) in [7, 11) is 1.66. The molecule has 3 heteroatoms. The van der Waals surface area contributed by atoms with Crippen LogP contribution in [0.3, 0.4) is 0 Å². The summed E-state index contributed by atoms with van der Waals surface area (Å²) in [5, 5.41) is 0. The molecule has 0 saturated heterocycles. The quantitative estimate of drug-likeness (QED) is 0.748. The van der Waals surface area contributed by atoms with Gasteiger partial charge in [-0.1, -0.05) is 24.3 Å². The molecule has 1 spiro atoms. The lowest BCUT2D eigenvalue weighted by atomic mass is 9.79. The van der Waals surface area contributed by atoms with E-state index < -0.39 is 5.79 Å². The molecule has 1 heterocycles. The maximum atomic E-state index is 5.74. The smallest absolute Gasteiger partial charge is 0.277 e. The van der Waals surface area contributed by atoms with Gasteiger partial charge in [0.15, 0.2) is 0 Å². The van der Waals surface area contributed by atoms with Gasteiger partial charge in [-0.15, -0.1) is 0 Å². The van der Waals surface area contributed by atoms with Crippen LogP contribution in [-0.4, -0.2) is 7.11 Å². The molecular weight excluding hydrogens is 228 g/mol. The van der Waals surface area contributed by atoms with E-state index >= 15 is 0 Å². The number of benzene rings is 1. The SMILES string of the molecule is COC=CC1Cc2ccccc2C2(C1)OC=CO2. The van der Waals surface area contributed by atoms with Crippen molar-refractivity contribution in [1.82, 2.24) is 0 Å². The van der Waals surface area contributed by atoms with Crippen LogP contribution < -0.4 is 0 Å². The van der Waals surface area contributed by atoms with Crippen LogP contribution in [0.5, 0.6) is 0 Å². The predicted molar refractivity (Wildman–Crippen MR) is 67.4 cm³/mol. The first-order chi connectivity index (χ1) is 8.84. The van der Waals surface area contributed by atoms with Gasteiger partial charge >= 0.3 is 0 Å². The summed E-state index contributed by atoms with van der Waals surface area (Å²) in [5.74, 6) is -0.280. The molecule has 2 aliphatic rings. The van der Waals surface area contributed by atoms with Crippen LogP contribution in [0.15, 0.2) is 49.1 Å². The predicted octanol–water partition coefficient (Wildman–Crippen LogP) is 3.08. The van der Waals surface area contributed by atoms with Crippen molar-refractivity contribution in [3.8, 4) is 0 Å². The summed E-state index contributed by atoms with van der Waals surface area (Å²) in [4.78, 5) is 0. The van der Waals surface area contributed by atoms with Crippen molar-refractivity contribution in [1.29, 1.82) is 0 Å². The standard InChI is InChI=1S/C15H16O3/c1-16-7-6-12-10-13-4-2-3-5-14(13)15(11-12)17-8-9-18-15/h2-9,12H,10-11H2,1H3. The molecule has 0 N–H and O–H groups in total. The molecule has 1 aliphatic carbocycles. The number of rotatable bonds is 2. The molecule has 1 aliphatic heterocycles. The Kier molecular flexibility index (Phi) is 2.74. The van der Waals surface area contributed by atoms with Gasteiger partial charge in [-0.2, -0.15) is 0 Å². The van der Waals surface area contributed by atoms with E-state index in [1.165, 1.54) is 5.56 Å². The Morgan fingerprint density at radius 1 is 1.28 bits per heavy atom. The van der Waals surface area contributed by atoms with Crippen LogP contribution in [0.1, 0.15) is 17.5 Å². The first-order valence-corrected chi connectivity index (χ1v) is 6.12. The Labute approximate surface area is 107 Å². The highest BCUT2D eigenvalue weighted by atomic mass is 16.7.